The van der Waals surface area contributed by atoms with E-state index in [2.05, 4.69) is 17.2 Å². The minimum absolute atomic E-state index is 0.582. The van der Waals surface area contributed by atoms with Gasteiger partial charge in [-0.15, -0.1) is 0 Å². The maximum Gasteiger partial charge on any atom is 0.0541 e. The predicted octanol–water partition coefficient (Wildman–Crippen LogP) is 1.16. The Labute approximate surface area is 85.7 Å². The molecule has 0 aliphatic rings. The summed E-state index contributed by atoms with van der Waals surface area (Å²) in [6.45, 7) is 4.73. The minimum atomic E-state index is 0.582. The Kier molecular flexibility index (Phi) is 5.19. The molecule has 3 nitrogen and oxygen atoms in total. The molecule has 0 aliphatic carbocycles. The molecule has 1 aromatic rings. The summed E-state index contributed by atoms with van der Waals surface area (Å²) in [6, 6.07) is 5.96. The van der Waals surface area contributed by atoms with Crippen LogP contribution >= 0.6 is 0 Å². The number of hydrogen-bond acceptors (Lipinski definition) is 3. The van der Waals surface area contributed by atoms with Crippen LogP contribution in [-0.2, 0) is 6.54 Å². The first-order valence-corrected chi connectivity index (χ1v) is 5.17. The van der Waals surface area contributed by atoms with Crippen LogP contribution in [0.25, 0.3) is 0 Å². The molecule has 0 spiro atoms. The van der Waals surface area contributed by atoms with Crippen LogP contribution in [0.3, 0.4) is 0 Å². The Balaban J connectivity index is 2.21. The van der Waals surface area contributed by atoms with Gasteiger partial charge in [-0.05, 0) is 31.1 Å². The molecule has 0 saturated carbocycles. The Bertz CT molecular complexity index is 232. The molecule has 1 aromatic heterocycles. The van der Waals surface area contributed by atoms with E-state index in [0.717, 1.165) is 31.7 Å². The lowest BCUT2D eigenvalue weighted by atomic mass is 10.1. The maximum atomic E-state index is 5.61. The summed E-state index contributed by atoms with van der Waals surface area (Å²) in [6.07, 6.45) is 2.95. The first-order valence-electron chi connectivity index (χ1n) is 5.17. The summed E-state index contributed by atoms with van der Waals surface area (Å²) in [4.78, 5) is 4.23. The molecule has 0 saturated heterocycles. The monoisotopic (exact) mass is 193 g/mol. The van der Waals surface area contributed by atoms with Gasteiger partial charge in [0.1, 0.15) is 0 Å². The van der Waals surface area contributed by atoms with E-state index < -0.39 is 0 Å². The van der Waals surface area contributed by atoms with Crippen molar-refractivity contribution in [3.8, 4) is 0 Å². The van der Waals surface area contributed by atoms with Crippen molar-refractivity contribution >= 4 is 0 Å². The Morgan fingerprint density at radius 1 is 1.50 bits per heavy atom. The van der Waals surface area contributed by atoms with E-state index in [4.69, 9.17) is 5.73 Å². The lowest BCUT2D eigenvalue weighted by Crippen LogP contribution is -2.27. The first-order chi connectivity index (χ1) is 6.86. The molecule has 78 valence electrons. The fraction of sp³-hybridized carbons (Fsp3) is 0.545. The number of rotatable bonds is 6. The zero-order chi connectivity index (χ0) is 10.2. The Morgan fingerprint density at radius 2 is 2.36 bits per heavy atom. The van der Waals surface area contributed by atoms with E-state index in [0.29, 0.717) is 5.92 Å². The minimum Gasteiger partial charge on any atom is -0.330 e. The zero-order valence-electron chi connectivity index (χ0n) is 8.74. The summed E-state index contributed by atoms with van der Waals surface area (Å²) in [5.41, 5.74) is 6.69. The summed E-state index contributed by atoms with van der Waals surface area (Å²) in [5.74, 6) is 0.582. The molecule has 1 unspecified atom stereocenters. The molecule has 14 heavy (non-hydrogen) atoms. The second kappa shape index (κ2) is 6.51. The highest BCUT2D eigenvalue weighted by molar-refractivity contribution is 5.02. The quantitative estimate of drug-likeness (QED) is 0.712. The number of nitrogens with one attached hydrogen (secondary N) is 1. The van der Waals surface area contributed by atoms with Gasteiger partial charge in [0.25, 0.3) is 0 Å². The van der Waals surface area contributed by atoms with Crippen LogP contribution < -0.4 is 11.1 Å². The van der Waals surface area contributed by atoms with Gasteiger partial charge in [-0.1, -0.05) is 19.4 Å². The van der Waals surface area contributed by atoms with Crippen molar-refractivity contribution < 1.29 is 0 Å². The van der Waals surface area contributed by atoms with E-state index >= 15 is 0 Å². The van der Waals surface area contributed by atoms with Crippen LogP contribution in [0.5, 0.6) is 0 Å². The number of pyridine rings is 1. The lowest BCUT2D eigenvalue weighted by Gasteiger charge is -2.12. The van der Waals surface area contributed by atoms with Gasteiger partial charge in [-0.25, -0.2) is 0 Å². The Hall–Kier alpha value is -0.930. The third-order valence-electron chi connectivity index (χ3n) is 2.38. The van der Waals surface area contributed by atoms with Crippen LogP contribution in [-0.4, -0.2) is 18.1 Å². The molecular weight excluding hydrogens is 174 g/mol. The molecule has 0 aromatic carbocycles. The van der Waals surface area contributed by atoms with Crippen molar-refractivity contribution in [1.82, 2.24) is 10.3 Å². The molecule has 0 amide bonds. The summed E-state index contributed by atoms with van der Waals surface area (Å²) < 4.78 is 0. The molecule has 1 atom stereocenters. The van der Waals surface area contributed by atoms with E-state index in [1.807, 2.05) is 24.4 Å². The van der Waals surface area contributed by atoms with E-state index in [1.54, 1.807) is 0 Å². The smallest absolute Gasteiger partial charge is 0.0541 e. The third-order valence-corrected chi connectivity index (χ3v) is 2.38. The Morgan fingerprint density at radius 3 is 2.93 bits per heavy atom. The molecule has 1 rings (SSSR count). The molecule has 3 N–H and O–H groups in total. The topological polar surface area (TPSA) is 50.9 Å². The van der Waals surface area contributed by atoms with Crippen LogP contribution in [0.4, 0.5) is 0 Å². The van der Waals surface area contributed by atoms with Gasteiger partial charge in [0.05, 0.1) is 5.69 Å². The van der Waals surface area contributed by atoms with Crippen molar-refractivity contribution in [1.29, 1.82) is 0 Å². The normalized spacial score (nSPS) is 12.7. The van der Waals surface area contributed by atoms with Crippen LogP contribution in [0.15, 0.2) is 24.4 Å². The highest BCUT2D eigenvalue weighted by Crippen LogP contribution is 1.98. The van der Waals surface area contributed by atoms with Crippen LogP contribution in [0.1, 0.15) is 19.0 Å². The van der Waals surface area contributed by atoms with Crippen molar-refractivity contribution in [2.24, 2.45) is 11.7 Å². The van der Waals surface area contributed by atoms with E-state index in [9.17, 15) is 0 Å². The number of nitrogens with zero attached hydrogens (tertiary/aromatic N) is 1. The van der Waals surface area contributed by atoms with Crippen LogP contribution in [0, 0.1) is 5.92 Å². The van der Waals surface area contributed by atoms with Gasteiger partial charge in [0, 0.05) is 12.7 Å². The molecule has 0 aliphatic heterocycles. The van der Waals surface area contributed by atoms with Crippen molar-refractivity contribution in [2.75, 3.05) is 13.1 Å². The fourth-order valence-electron chi connectivity index (χ4n) is 1.30. The molecule has 0 bridgehead atoms. The molecule has 0 radical (unpaired) electrons. The van der Waals surface area contributed by atoms with Crippen molar-refractivity contribution in [3.05, 3.63) is 30.1 Å². The number of hydrogen-bond donors (Lipinski definition) is 2. The fourth-order valence-corrected chi connectivity index (χ4v) is 1.30. The molecule has 0 fully saturated rings. The second-order valence-electron chi connectivity index (χ2n) is 3.46. The van der Waals surface area contributed by atoms with Gasteiger partial charge in [-0.3, -0.25) is 4.98 Å². The highest BCUT2D eigenvalue weighted by atomic mass is 14.9. The molecular formula is C11H19N3. The summed E-state index contributed by atoms with van der Waals surface area (Å²) >= 11 is 0. The third kappa shape index (κ3) is 3.85. The van der Waals surface area contributed by atoms with Crippen LogP contribution in [0.2, 0.25) is 0 Å². The number of aromatic nitrogens is 1. The lowest BCUT2D eigenvalue weighted by molar-refractivity contribution is 0.469. The van der Waals surface area contributed by atoms with Gasteiger partial charge in [0.15, 0.2) is 0 Å². The largest absolute Gasteiger partial charge is 0.330 e. The van der Waals surface area contributed by atoms with Crippen molar-refractivity contribution in [2.45, 2.75) is 19.9 Å². The molecule has 3 heteroatoms. The SMILES string of the molecule is CCC(CN)CNCc1ccccn1. The van der Waals surface area contributed by atoms with Gasteiger partial charge in [0.2, 0.25) is 0 Å². The summed E-state index contributed by atoms with van der Waals surface area (Å²) in [7, 11) is 0. The van der Waals surface area contributed by atoms with E-state index in [-0.39, 0.29) is 0 Å². The second-order valence-corrected chi connectivity index (χ2v) is 3.46. The van der Waals surface area contributed by atoms with Gasteiger partial charge in [-0.2, -0.15) is 0 Å². The average molecular weight is 193 g/mol. The summed E-state index contributed by atoms with van der Waals surface area (Å²) in [5, 5.41) is 3.36. The predicted molar refractivity (Wildman–Crippen MR) is 58.8 cm³/mol. The molecule has 1 heterocycles. The standard InChI is InChI=1S/C11H19N3/c1-2-10(7-12)8-13-9-11-5-3-4-6-14-11/h3-6,10,13H,2,7-9,12H2,1H3. The van der Waals surface area contributed by atoms with Crippen molar-refractivity contribution in [3.63, 3.8) is 0 Å². The first kappa shape index (κ1) is 11.1. The zero-order valence-corrected chi connectivity index (χ0v) is 8.74. The van der Waals surface area contributed by atoms with Gasteiger partial charge >= 0.3 is 0 Å². The average Bonchev–Trinajstić information content (AvgIpc) is 2.26. The highest BCUT2D eigenvalue weighted by Gasteiger charge is 2.02. The van der Waals surface area contributed by atoms with E-state index in [1.165, 1.54) is 0 Å². The number of nitrogens with two attached hydrogens (primary N) is 1. The maximum absolute atomic E-state index is 5.61. The van der Waals surface area contributed by atoms with Gasteiger partial charge < -0.3 is 11.1 Å².